The van der Waals surface area contributed by atoms with E-state index in [4.69, 9.17) is 0 Å². The number of hydrogen-bond donors (Lipinski definition) is 1. The molecule has 0 atom stereocenters. The minimum Gasteiger partial charge on any atom is -0.356 e. The Labute approximate surface area is 268 Å². The summed E-state index contributed by atoms with van der Waals surface area (Å²) in [4.78, 5) is 2.14. The van der Waals surface area contributed by atoms with E-state index in [2.05, 4.69) is 145 Å². The number of para-hydroxylation sites is 1. The maximum atomic E-state index is 4.03. The van der Waals surface area contributed by atoms with Crippen molar-refractivity contribution in [3.05, 3.63) is 201 Å². The van der Waals surface area contributed by atoms with E-state index >= 15 is 0 Å². The molecule has 5 rings (SSSR count). The van der Waals surface area contributed by atoms with Crippen LogP contribution in [0.4, 0.5) is 17.1 Å². The third-order valence-corrected chi connectivity index (χ3v) is 7.48. The first-order chi connectivity index (χ1) is 22.1. The molecule has 0 aliphatic heterocycles. The molecule has 0 fully saturated rings. The molecule has 0 aliphatic rings. The summed E-state index contributed by atoms with van der Waals surface area (Å²) in [6.45, 7) is 13.8. The Bertz CT molecular complexity index is 1820. The van der Waals surface area contributed by atoms with E-state index in [1.165, 1.54) is 27.8 Å². The van der Waals surface area contributed by atoms with Gasteiger partial charge in [0.15, 0.2) is 0 Å². The summed E-state index contributed by atoms with van der Waals surface area (Å²) in [5.74, 6) is 0. The van der Waals surface area contributed by atoms with Crippen molar-refractivity contribution < 1.29 is 0 Å². The monoisotopic (exact) mass is 582 g/mol. The van der Waals surface area contributed by atoms with Gasteiger partial charge in [-0.2, -0.15) is 0 Å². The van der Waals surface area contributed by atoms with Crippen LogP contribution in [0.2, 0.25) is 0 Å². The van der Waals surface area contributed by atoms with Crippen molar-refractivity contribution >= 4 is 17.1 Å². The van der Waals surface area contributed by atoms with E-state index in [0.29, 0.717) is 0 Å². The van der Waals surface area contributed by atoms with Gasteiger partial charge in [0.05, 0.1) is 0 Å². The van der Waals surface area contributed by atoms with Crippen molar-refractivity contribution in [3.8, 4) is 33.4 Å². The Morgan fingerprint density at radius 2 is 0.911 bits per heavy atom. The van der Waals surface area contributed by atoms with E-state index < -0.39 is 0 Å². The van der Waals surface area contributed by atoms with Crippen LogP contribution in [0.5, 0.6) is 0 Å². The fourth-order valence-corrected chi connectivity index (χ4v) is 5.25. The van der Waals surface area contributed by atoms with Gasteiger partial charge in [-0.15, -0.1) is 0 Å². The summed E-state index contributed by atoms with van der Waals surface area (Å²) in [6.07, 6.45) is 13.4. The predicted molar refractivity (Wildman–Crippen MR) is 197 cm³/mol. The number of benzene rings is 5. The van der Waals surface area contributed by atoms with E-state index in [-0.39, 0.29) is 0 Å². The van der Waals surface area contributed by atoms with Crippen molar-refractivity contribution in [3.63, 3.8) is 0 Å². The van der Waals surface area contributed by atoms with Gasteiger partial charge in [-0.05, 0) is 101 Å². The second-order valence-corrected chi connectivity index (χ2v) is 10.5. The maximum Gasteiger partial charge on any atom is 0.0462 e. The highest BCUT2D eigenvalue weighted by Gasteiger charge is 2.13. The topological polar surface area (TPSA) is 15.3 Å². The van der Waals surface area contributed by atoms with Crippen LogP contribution in [0, 0.1) is 0 Å². The molecular weight excluding hydrogens is 544 g/mol. The molecule has 0 amide bonds. The molecule has 1 N–H and O–H groups in total. The number of nitrogens with zero attached hydrogens (tertiary/aromatic N) is 1. The molecule has 5 aromatic carbocycles. The molecule has 0 heterocycles. The van der Waals surface area contributed by atoms with Crippen molar-refractivity contribution in [1.29, 1.82) is 0 Å². The summed E-state index contributed by atoms with van der Waals surface area (Å²) < 4.78 is 0. The molecule has 0 unspecified atom stereocenters. The molecule has 0 aliphatic carbocycles. The lowest BCUT2D eigenvalue weighted by molar-refractivity contribution is 1.14. The van der Waals surface area contributed by atoms with Crippen LogP contribution in [-0.4, -0.2) is 0 Å². The Balaban J connectivity index is 1.31. The SMILES string of the molecule is C=C/C=C(\C=C)N(C(/C=C\C)=C/C=C)c1ccc(-c2ccc(-c3ccc(-c4ccc(Nc5ccccc5)cc4)cc3)cc2)cc1. The van der Waals surface area contributed by atoms with Crippen LogP contribution < -0.4 is 10.2 Å². The van der Waals surface area contributed by atoms with E-state index in [0.717, 1.165) is 34.0 Å². The second-order valence-electron chi connectivity index (χ2n) is 10.5. The highest BCUT2D eigenvalue weighted by molar-refractivity contribution is 5.75. The standard InChI is InChI=1S/C43H38N2/c1-5-12-41(8-4)45(42(13-6-2)14-7-3)43-31-27-38(28-32-43)36-23-19-34(20-24-36)33-17-21-35(22-18-33)37-25-29-40(30-26-37)44-39-15-10-9-11-16-39/h5-32,44H,1-2,4H2,3H3/b14-7-,41-12+,42-13+. The molecule has 220 valence electrons. The van der Waals surface area contributed by atoms with Gasteiger partial charge in [-0.1, -0.05) is 129 Å². The van der Waals surface area contributed by atoms with Crippen molar-refractivity contribution in [2.45, 2.75) is 6.92 Å². The quantitative estimate of drug-likeness (QED) is 0.147. The smallest absolute Gasteiger partial charge is 0.0462 e. The zero-order valence-electron chi connectivity index (χ0n) is 25.7. The van der Waals surface area contributed by atoms with E-state index in [9.17, 15) is 0 Å². The summed E-state index contributed by atoms with van der Waals surface area (Å²) in [7, 11) is 0. The van der Waals surface area contributed by atoms with Gasteiger partial charge >= 0.3 is 0 Å². The van der Waals surface area contributed by atoms with Gasteiger partial charge < -0.3 is 10.2 Å². The molecule has 0 saturated carbocycles. The Morgan fingerprint density at radius 1 is 0.511 bits per heavy atom. The molecule has 0 saturated heterocycles. The summed E-state index contributed by atoms with van der Waals surface area (Å²) in [5.41, 5.74) is 12.2. The number of rotatable bonds is 12. The lowest BCUT2D eigenvalue weighted by atomic mass is 9.98. The highest BCUT2D eigenvalue weighted by atomic mass is 15.1. The summed E-state index contributed by atoms with van der Waals surface area (Å²) in [5, 5.41) is 3.44. The Hall–Kier alpha value is -5.86. The maximum absolute atomic E-state index is 4.03. The molecule has 0 bridgehead atoms. The molecule has 5 aromatic rings. The van der Waals surface area contributed by atoms with Gasteiger partial charge in [-0.3, -0.25) is 0 Å². The first kappa shape index (κ1) is 30.6. The van der Waals surface area contributed by atoms with Gasteiger partial charge in [0.25, 0.3) is 0 Å². The molecule has 45 heavy (non-hydrogen) atoms. The molecule has 2 nitrogen and oxygen atoms in total. The molecule has 0 aromatic heterocycles. The normalized spacial score (nSPS) is 11.7. The van der Waals surface area contributed by atoms with Gasteiger partial charge in [-0.25, -0.2) is 0 Å². The van der Waals surface area contributed by atoms with Crippen LogP contribution in [0.3, 0.4) is 0 Å². The average molecular weight is 583 g/mol. The number of anilines is 3. The molecular formula is C43H38N2. The fraction of sp³-hybridized carbons (Fsp3) is 0.0233. The van der Waals surface area contributed by atoms with Gasteiger partial charge in [0.1, 0.15) is 0 Å². The predicted octanol–water partition coefficient (Wildman–Crippen LogP) is 12.1. The van der Waals surface area contributed by atoms with Crippen LogP contribution in [0.1, 0.15) is 6.92 Å². The van der Waals surface area contributed by atoms with Crippen molar-refractivity contribution in [2.24, 2.45) is 0 Å². The number of allylic oxidation sites excluding steroid dienone is 7. The fourth-order valence-electron chi connectivity index (χ4n) is 5.25. The average Bonchev–Trinajstić information content (AvgIpc) is 3.09. The van der Waals surface area contributed by atoms with Crippen LogP contribution in [0.25, 0.3) is 33.4 Å². The zero-order valence-corrected chi connectivity index (χ0v) is 25.7. The third-order valence-electron chi connectivity index (χ3n) is 7.48. The molecule has 0 spiro atoms. The Morgan fingerprint density at radius 3 is 1.33 bits per heavy atom. The minimum absolute atomic E-state index is 0.927. The molecule has 2 heteroatoms. The molecule has 0 radical (unpaired) electrons. The van der Waals surface area contributed by atoms with Crippen LogP contribution in [0.15, 0.2) is 201 Å². The van der Waals surface area contributed by atoms with Gasteiger partial charge in [0.2, 0.25) is 0 Å². The third kappa shape index (κ3) is 7.57. The lowest BCUT2D eigenvalue weighted by Gasteiger charge is -2.27. The zero-order chi connectivity index (χ0) is 31.4. The first-order valence-corrected chi connectivity index (χ1v) is 15.1. The van der Waals surface area contributed by atoms with E-state index in [1.54, 1.807) is 12.2 Å². The summed E-state index contributed by atoms with van der Waals surface area (Å²) >= 11 is 0. The first-order valence-electron chi connectivity index (χ1n) is 15.1. The number of hydrogen-bond acceptors (Lipinski definition) is 2. The van der Waals surface area contributed by atoms with Gasteiger partial charge in [0, 0.05) is 28.5 Å². The number of nitrogens with one attached hydrogen (secondary N) is 1. The summed E-state index contributed by atoms with van der Waals surface area (Å²) in [6, 6.07) is 44.9. The second kappa shape index (κ2) is 15.0. The highest BCUT2D eigenvalue weighted by Crippen LogP contribution is 2.31. The Kier molecular flexibility index (Phi) is 10.2. The minimum atomic E-state index is 0.927. The largest absolute Gasteiger partial charge is 0.356 e. The van der Waals surface area contributed by atoms with Crippen LogP contribution in [-0.2, 0) is 0 Å². The lowest BCUT2D eigenvalue weighted by Crippen LogP contribution is -2.19. The van der Waals surface area contributed by atoms with Crippen LogP contribution >= 0.6 is 0 Å². The van der Waals surface area contributed by atoms with Crippen molar-refractivity contribution in [2.75, 3.05) is 10.2 Å². The van der Waals surface area contributed by atoms with E-state index in [1.807, 2.05) is 49.4 Å². The van der Waals surface area contributed by atoms with Crippen molar-refractivity contribution in [1.82, 2.24) is 0 Å².